The number of carbonyl (C=O) groups excluding carboxylic acids is 1. The van der Waals surface area contributed by atoms with Crippen LogP contribution in [0.2, 0.25) is 0 Å². The summed E-state index contributed by atoms with van der Waals surface area (Å²) >= 11 is 1.41. The number of benzene rings is 1. The lowest BCUT2D eigenvalue weighted by atomic mass is 10.2. The average molecular weight is 462 g/mol. The third kappa shape index (κ3) is 4.57. The number of hydrogen-bond donors (Lipinski definition) is 2. The highest BCUT2D eigenvalue weighted by Gasteiger charge is 2.18. The topological polar surface area (TPSA) is 97.2 Å². The Bertz CT molecular complexity index is 1260. The first kappa shape index (κ1) is 21.1. The summed E-state index contributed by atoms with van der Waals surface area (Å²) in [5.41, 5.74) is 3.73. The number of aromatic nitrogens is 4. The Kier molecular flexibility index (Phi) is 6.01. The minimum absolute atomic E-state index is 0.262. The van der Waals surface area contributed by atoms with Crippen molar-refractivity contribution in [1.29, 1.82) is 0 Å². The first-order valence-electron chi connectivity index (χ1n) is 10.6. The van der Waals surface area contributed by atoms with Crippen LogP contribution in [0.5, 0.6) is 5.75 Å². The minimum atomic E-state index is -0.262. The number of methoxy groups -OCH3 is 1. The largest absolute Gasteiger partial charge is 0.497 e. The molecule has 0 saturated carbocycles. The highest BCUT2D eigenvalue weighted by molar-refractivity contribution is 7.13. The number of nitrogens with zero attached hydrogens (tertiary/aromatic N) is 5. The SMILES string of the molecule is COc1cccc(-n2cc(-c3nc(C(=O)Nc4cnccc4N4CCNCC4)cs3)cn2)c1. The first-order chi connectivity index (χ1) is 16.2. The van der Waals surface area contributed by atoms with Crippen molar-refractivity contribution in [2.75, 3.05) is 43.5 Å². The lowest BCUT2D eigenvalue weighted by Crippen LogP contribution is -2.43. The molecule has 0 atom stereocenters. The van der Waals surface area contributed by atoms with Crippen LogP contribution in [0.1, 0.15) is 10.5 Å². The molecular formula is C23H23N7O2S. The van der Waals surface area contributed by atoms with Gasteiger partial charge in [0.05, 0.1) is 36.6 Å². The van der Waals surface area contributed by atoms with Crippen molar-refractivity contribution in [2.45, 2.75) is 0 Å². The molecule has 1 aliphatic heterocycles. The van der Waals surface area contributed by atoms with Gasteiger partial charge in [0.15, 0.2) is 0 Å². The van der Waals surface area contributed by atoms with Crippen molar-refractivity contribution in [3.63, 3.8) is 0 Å². The molecule has 1 fully saturated rings. The monoisotopic (exact) mass is 461 g/mol. The van der Waals surface area contributed by atoms with E-state index in [0.29, 0.717) is 11.4 Å². The van der Waals surface area contributed by atoms with Gasteiger partial charge < -0.3 is 20.3 Å². The van der Waals surface area contributed by atoms with Gasteiger partial charge in [-0.25, -0.2) is 9.67 Å². The average Bonchev–Trinajstić information content (AvgIpc) is 3.55. The van der Waals surface area contributed by atoms with E-state index in [0.717, 1.165) is 53.9 Å². The van der Waals surface area contributed by atoms with Crippen molar-refractivity contribution >= 4 is 28.6 Å². The highest BCUT2D eigenvalue weighted by Crippen LogP contribution is 2.28. The van der Waals surface area contributed by atoms with E-state index < -0.39 is 0 Å². The molecule has 1 amide bonds. The maximum absolute atomic E-state index is 12.9. The van der Waals surface area contributed by atoms with Crippen LogP contribution < -0.4 is 20.3 Å². The van der Waals surface area contributed by atoms with E-state index in [-0.39, 0.29) is 5.91 Å². The molecule has 0 aliphatic carbocycles. The van der Waals surface area contributed by atoms with E-state index in [1.807, 2.05) is 36.5 Å². The molecule has 1 aromatic carbocycles. The van der Waals surface area contributed by atoms with Crippen LogP contribution in [0.4, 0.5) is 11.4 Å². The van der Waals surface area contributed by atoms with Gasteiger partial charge in [0.2, 0.25) is 0 Å². The fraction of sp³-hybridized carbons (Fsp3) is 0.217. The molecule has 9 nitrogen and oxygen atoms in total. The van der Waals surface area contributed by atoms with E-state index in [2.05, 4.69) is 30.6 Å². The summed E-state index contributed by atoms with van der Waals surface area (Å²) in [5.74, 6) is 0.496. The summed E-state index contributed by atoms with van der Waals surface area (Å²) in [6.45, 7) is 3.58. The smallest absolute Gasteiger partial charge is 0.275 e. The Labute approximate surface area is 195 Å². The van der Waals surface area contributed by atoms with Crippen LogP contribution in [0.3, 0.4) is 0 Å². The normalized spacial score (nSPS) is 13.7. The zero-order chi connectivity index (χ0) is 22.6. The summed E-state index contributed by atoms with van der Waals surface area (Å²) in [4.78, 5) is 23.9. The quantitative estimate of drug-likeness (QED) is 0.455. The number of hydrogen-bond acceptors (Lipinski definition) is 8. The highest BCUT2D eigenvalue weighted by atomic mass is 32.1. The third-order valence-electron chi connectivity index (χ3n) is 5.39. The standard InChI is InChI=1S/C23H23N7O2S/c1-32-18-4-2-3-17(11-18)30-14-16(12-26-30)23-28-20(15-33-23)22(31)27-19-13-25-6-5-21(19)29-9-7-24-8-10-29/h2-6,11-15,24H,7-10H2,1H3,(H,27,31). The Morgan fingerprint density at radius 3 is 2.94 bits per heavy atom. The van der Waals surface area contributed by atoms with Crippen LogP contribution in [-0.2, 0) is 0 Å². The minimum Gasteiger partial charge on any atom is -0.497 e. The van der Waals surface area contributed by atoms with Crippen LogP contribution >= 0.6 is 11.3 Å². The Balaban J connectivity index is 1.33. The number of amides is 1. The second-order valence-electron chi connectivity index (χ2n) is 7.50. The molecule has 168 valence electrons. The third-order valence-corrected chi connectivity index (χ3v) is 6.28. The number of rotatable bonds is 6. The molecule has 0 unspecified atom stereocenters. The fourth-order valence-corrected chi connectivity index (χ4v) is 4.46. The molecule has 0 spiro atoms. The zero-order valence-electron chi connectivity index (χ0n) is 18.1. The molecular weight excluding hydrogens is 438 g/mol. The Morgan fingerprint density at radius 1 is 1.21 bits per heavy atom. The molecule has 0 bridgehead atoms. The molecule has 2 N–H and O–H groups in total. The number of thiazole rings is 1. The molecule has 3 aromatic heterocycles. The second-order valence-corrected chi connectivity index (χ2v) is 8.36. The van der Waals surface area contributed by atoms with E-state index in [1.54, 1.807) is 35.8 Å². The first-order valence-corrected chi connectivity index (χ1v) is 11.5. The van der Waals surface area contributed by atoms with Gasteiger partial charge in [-0.15, -0.1) is 11.3 Å². The van der Waals surface area contributed by atoms with Gasteiger partial charge in [0, 0.05) is 55.6 Å². The molecule has 1 saturated heterocycles. The lowest BCUT2D eigenvalue weighted by molar-refractivity contribution is 0.102. The molecule has 10 heteroatoms. The van der Waals surface area contributed by atoms with E-state index >= 15 is 0 Å². The fourth-order valence-electron chi connectivity index (χ4n) is 3.69. The van der Waals surface area contributed by atoms with Gasteiger partial charge in [-0.05, 0) is 18.2 Å². The number of piperazine rings is 1. The van der Waals surface area contributed by atoms with Gasteiger partial charge in [-0.2, -0.15) is 5.10 Å². The molecule has 33 heavy (non-hydrogen) atoms. The van der Waals surface area contributed by atoms with Crippen molar-refractivity contribution in [3.8, 4) is 22.0 Å². The van der Waals surface area contributed by atoms with Crippen molar-refractivity contribution in [1.82, 2.24) is 25.1 Å². The summed E-state index contributed by atoms with van der Waals surface area (Å²) in [5, 5.41) is 13.2. The van der Waals surface area contributed by atoms with Crippen molar-refractivity contribution < 1.29 is 9.53 Å². The van der Waals surface area contributed by atoms with Gasteiger partial charge >= 0.3 is 0 Å². The molecule has 4 aromatic rings. The predicted octanol–water partition coefficient (Wildman–Crippen LogP) is 3.06. The lowest BCUT2D eigenvalue weighted by Gasteiger charge is -2.30. The number of pyridine rings is 1. The summed E-state index contributed by atoms with van der Waals surface area (Å²) < 4.78 is 7.05. The van der Waals surface area contributed by atoms with Gasteiger partial charge in [0.25, 0.3) is 5.91 Å². The van der Waals surface area contributed by atoms with Gasteiger partial charge in [-0.3, -0.25) is 9.78 Å². The van der Waals surface area contributed by atoms with Crippen molar-refractivity contribution in [2.24, 2.45) is 0 Å². The molecule has 5 rings (SSSR count). The van der Waals surface area contributed by atoms with Crippen LogP contribution in [0.15, 0.2) is 60.5 Å². The van der Waals surface area contributed by atoms with Crippen LogP contribution in [0, 0.1) is 0 Å². The van der Waals surface area contributed by atoms with E-state index in [4.69, 9.17) is 4.74 Å². The maximum atomic E-state index is 12.9. The van der Waals surface area contributed by atoms with E-state index in [9.17, 15) is 4.79 Å². The predicted molar refractivity (Wildman–Crippen MR) is 128 cm³/mol. The van der Waals surface area contributed by atoms with Crippen LogP contribution in [-0.4, -0.2) is 58.9 Å². The maximum Gasteiger partial charge on any atom is 0.275 e. The Hall–Kier alpha value is -3.76. The Morgan fingerprint density at radius 2 is 2.09 bits per heavy atom. The summed E-state index contributed by atoms with van der Waals surface area (Å²) in [6.07, 6.45) is 7.05. The zero-order valence-corrected chi connectivity index (χ0v) is 18.9. The molecule has 0 radical (unpaired) electrons. The second kappa shape index (κ2) is 9.39. The molecule has 1 aliphatic rings. The van der Waals surface area contributed by atoms with Gasteiger partial charge in [0.1, 0.15) is 16.5 Å². The summed E-state index contributed by atoms with van der Waals surface area (Å²) in [6, 6.07) is 9.58. The number of carbonyl (C=O) groups is 1. The van der Waals surface area contributed by atoms with Crippen molar-refractivity contribution in [3.05, 3.63) is 66.2 Å². The van der Waals surface area contributed by atoms with Crippen LogP contribution in [0.25, 0.3) is 16.3 Å². The number of nitrogens with one attached hydrogen (secondary N) is 2. The molecule has 4 heterocycles. The summed E-state index contributed by atoms with van der Waals surface area (Å²) in [7, 11) is 1.63. The number of ether oxygens (including phenoxy) is 1. The van der Waals surface area contributed by atoms with E-state index in [1.165, 1.54) is 11.3 Å². The number of anilines is 2. The van der Waals surface area contributed by atoms with Gasteiger partial charge in [-0.1, -0.05) is 6.07 Å².